The monoisotopic (exact) mass is 463 g/mol. The van der Waals surface area contributed by atoms with Gasteiger partial charge in [-0.3, -0.25) is 14.8 Å². The molecule has 0 aliphatic carbocycles. The standard InChI is InChI=1S/C27H30ClN3O2/c1-17-8-10-31(16-24(17)32)26(33)19-5-6-22(23(28)12-19)21-11-20(14-29-15-21)18-7-9-30-25(13-18)27(2,3)4/h5-7,9,11-15,17,24,32H,8,10,16H2,1-4H3/t17-,24-/m1/s1. The fourth-order valence-corrected chi connectivity index (χ4v) is 4.35. The minimum Gasteiger partial charge on any atom is -0.391 e. The molecule has 0 saturated carbocycles. The van der Waals surface area contributed by atoms with Crippen LogP contribution in [0, 0.1) is 5.92 Å². The van der Waals surface area contributed by atoms with E-state index in [4.69, 9.17) is 11.6 Å². The Kier molecular flexibility index (Phi) is 6.55. The van der Waals surface area contributed by atoms with E-state index in [2.05, 4.69) is 42.9 Å². The van der Waals surface area contributed by atoms with Gasteiger partial charge in [0.2, 0.25) is 0 Å². The summed E-state index contributed by atoms with van der Waals surface area (Å²) in [4.78, 5) is 23.6. The lowest BCUT2D eigenvalue weighted by atomic mass is 9.90. The van der Waals surface area contributed by atoms with Gasteiger partial charge in [-0.1, -0.05) is 45.4 Å². The Morgan fingerprint density at radius 3 is 2.55 bits per heavy atom. The van der Waals surface area contributed by atoms with Crippen LogP contribution in [-0.2, 0) is 5.41 Å². The number of carbonyl (C=O) groups excluding carboxylic acids is 1. The molecule has 0 spiro atoms. The highest BCUT2D eigenvalue weighted by atomic mass is 35.5. The van der Waals surface area contributed by atoms with Crippen LogP contribution in [0.2, 0.25) is 5.02 Å². The van der Waals surface area contributed by atoms with Crippen LogP contribution in [0.5, 0.6) is 0 Å². The number of amides is 1. The molecule has 1 aliphatic heterocycles. The number of halogens is 1. The van der Waals surface area contributed by atoms with Crippen molar-refractivity contribution >= 4 is 17.5 Å². The molecule has 5 nitrogen and oxygen atoms in total. The van der Waals surface area contributed by atoms with Crippen LogP contribution < -0.4 is 0 Å². The molecule has 4 rings (SSSR count). The summed E-state index contributed by atoms with van der Waals surface area (Å²) in [5.41, 5.74) is 5.22. The van der Waals surface area contributed by atoms with E-state index in [-0.39, 0.29) is 17.2 Å². The number of carbonyl (C=O) groups is 1. The maximum absolute atomic E-state index is 12.9. The molecule has 1 aliphatic rings. The maximum atomic E-state index is 12.9. The fourth-order valence-electron chi connectivity index (χ4n) is 4.06. The van der Waals surface area contributed by atoms with Crippen molar-refractivity contribution < 1.29 is 9.90 Å². The molecule has 172 valence electrons. The number of likely N-dealkylation sites (tertiary alicyclic amines) is 1. The molecule has 1 fully saturated rings. The highest BCUT2D eigenvalue weighted by Crippen LogP contribution is 2.32. The summed E-state index contributed by atoms with van der Waals surface area (Å²) in [6.45, 7) is 9.43. The maximum Gasteiger partial charge on any atom is 0.253 e. The number of benzene rings is 1. The Morgan fingerprint density at radius 1 is 1.09 bits per heavy atom. The van der Waals surface area contributed by atoms with Crippen molar-refractivity contribution in [3.63, 3.8) is 0 Å². The summed E-state index contributed by atoms with van der Waals surface area (Å²) in [6.07, 6.45) is 5.75. The predicted molar refractivity (Wildman–Crippen MR) is 132 cm³/mol. The summed E-state index contributed by atoms with van der Waals surface area (Å²) >= 11 is 6.62. The molecule has 0 radical (unpaired) electrons. The summed E-state index contributed by atoms with van der Waals surface area (Å²) in [5.74, 6) is 0.104. The number of hydrogen-bond acceptors (Lipinski definition) is 4. The quantitative estimate of drug-likeness (QED) is 0.548. The van der Waals surface area contributed by atoms with E-state index in [1.165, 1.54) is 0 Å². The van der Waals surface area contributed by atoms with Crippen molar-refractivity contribution in [3.8, 4) is 22.3 Å². The van der Waals surface area contributed by atoms with E-state index in [9.17, 15) is 9.90 Å². The van der Waals surface area contributed by atoms with Gasteiger partial charge in [0.15, 0.2) is 0 Å². The van der Waals surface area contributed by atoms with Crippen molar-refractivity contribution in [2.24, 2.45) is 5.92 Å². The molecule has 0 unspecified atom stereocenters. The summed E-state index contributed by atoms with van der Waals surface area (Å²) in [6, 6.07) is 11.5. The van der Waals surface area contributed by atoms with Crippen LogP contribution in [0.3, 0.4) is 0 Å². The van der Waals surface area contributed by atoms with Gasteiger partial charge in [0.05, 0.1) is 6.10 Å². The zero-order chi connectivity index (χ0) is 23.8. The molecule has 2 atom stereocenters. The molecule has 1 amide bonds. The van der Waals surface area contributed by atoms with Crippen molar-refractivity contribution in [3.05, 3.63) is 71.3 Å². The number of hydrogen-bond donors (Lipinski definition) is 1. The number of piperidine rings is 1. The number of aliphatic hydroxyl groups excluding tert-OH is 1. The molecular weight excluding hydrogens is 434 g/mol. The van der Waals surface area contributed by atoms with Crippen LogP contribution in [0.15, 0.2) is 55.0 Å². The first-order valence-corrected chi connectivity index (χ1v) is 11.7. The van der Waals surface area contributed by atoms with E-state index in [1.807, 2.05) is 31.5 Å². The number of nitrogens with zero attached hydrogens (tertiary/aromatic N) is 3. The third-order valence-electron chi connectivity index (χ3n) is 6.33. The Bertz CT molecular complexity index is 1170. The average molecular weight is 464 g/mol. The van der Waals surface area contributed by atoms with Gasteiger partial charge in [-0.15, -0.1) is 0 Å². The Hall–Kier alpha value is -2.76. The van der Waals surface area contributed by atoms with Gasteiger partial charge in [0, 0.05) is 70.1 Å². The molecular formula is C27H30ClN3O2. The number of β-amino-alcohol motifs (C(OH)–C–C–N with tert-alkyl or cyclic N) is 1. The van der Waals surface area contributed by atoms with Crippen molar-refractivity contribution in [1.29, 1.82) is 0 Å². The molecule has 2 aromatic heterocycles. The van der Waals surface area contributed by atoms with Crippen LogP contribution in [0.25, 0.3) is 22.3 Å². The van der Waals surface area contributed by atoms with E-state index in [0.717, 1.165) is 34.4 Å². The third kappa shape index (κ3) is 5.10. The van der Waals surface area contributed by atoms with E-state index in [1.54, 1.807) is 23.2 Å². The minimum atomic E-state index is -0.488. The van der Waals surface area contributed by atoms with Crippen LogP contribution >= 0.6 is 11.6 Å². The molecule has 0 bridgehead atoms. The van der Waals surface area contributed by atoms with Gasteiger partial charge in [0.1, 0.15) is 0 Å². The first kappa shape index (κ1) is 23.4. The lowest BCUT2D eigenvalue weighted by Crippen LogP contribution is -2.45. The van der Waals surface area contributed by atoms with Gasteiger partial charge in [-0.2, -0.15) is 0 Å². The minimum absolute atomic E-state index is 0.0465. The molecule has 3 aromatic rings. The highest BCUT2D eigenvalue weighted by Gasteiger charge is 2.28. The molecule has 1 saturated heterocycles. The van der Waals surface area contributed by atoms with Gasteiger partial charge in [-0.05, 0) is 48.2 Å². The fraction of sp³-hybridized carbons (Fsp3) is 0.370. The molecule has 1 aromatic carbocycles. The van der Waals surface area contributed by atoms with Crippen molar-refractivity contribution in [2.45, 2.75) is 45.6 Å². The lowest BCUT2D eigenvalue weighted by molar-refractivity contribution is 0.0248. The zero-order valence-electron chi connectivity index (χ0n) is 19.5. The van der Waals surface area contributed by atoms with E-state index in [0.29, 0.717) is 23.7 Å². The van der Waals surface area contributed by atoms with Crippen molar-refractivity contribution in [1.82, 2.24) is 14.9 Å². The second-order valence-electron chi connectivity index (χ2n) is 9.92. The van der Waals surface area contributed by atoms with Crippen molar-refractivity contribution in [2.75, 3.05) is 13.1 Å². The number of aliphatic hydroxyl groups is 1. The third-order valence-corrected chi connectivity index (χ3v) is 6.65. The molecule has 6 heteroatoms. The van der Waals surface area contributed by atoms with Gasteiger partial charge < -0.3 is 10.0 Å². The first-order valence-electron chi connectivity index (χ1n) is 11.3. The molecule has 3 heterocycles. The molecule has 33 heavy (non-hydrogen) atoms. The number of pyridine rings is 2. The van der Waals surface area contributed by atoms with Gasteiger partial charge >= 0.3 is 0 Å². The Morgan fingerprint density at radius 2 is 1.85 bits per heavy atom. The number of aromatic nitrogens is 2. The normalized spacial score (nSPS) is 18.9. The van der Waals surface area contributed by atoms with E-state index >= 15 is 0 Å². The topological polar surface area (TPSA) is 66.3 Å². The molecule has 1 N–H and O–H groups in total. The average Bonchev–Trinajstić information content (AvgIpc) is 2.80. The highest BCUT2D eigenvalue weighted by molar-refractivity contribution is 6.33. The summed E-state index contributed by atoms with van der Waals surface area (Å²) < 4.78 is 0. The Labute approximate surface area is 200 Å². The summed E-state index contributed by atoms with van der Waals surface area (Å²) in [7, 11) is 0. The summed E-state index contributed by atoms with van der Waals surface area (Å²) in [5, 5.41) is 10.6. The first-order chi connectivity index (χ1) is 15.6. The van der Waals surface area contributed by atoms with Crippen LogP contribution in [0.1, 0.15) is 50.2 Å². The van der Waals surface area contributed by atoms with E-state index < -0.39 is 6.10 Å². The van der Waals surface area contributed by atoms with Crippen LogP contribution in [0.4, 0.5) is 0 Å². The largest absolute Gasteiger partial charge is 0.391 e. The smallest absolute Gasteiger partial charge is 0.253 e. The lowest BCUT2D eigenvalue weighted by Gasteiger charge is -2.34. The SMILES string of the molecule is C[C@@H]1CCN(C(=O)c2ccc(-c3cncc(-c4ccnc(C(C)(C)C)c4)c3)c(Cl)c2)C[C@H]1O. The number of rotatable bonds is 3. The van der Waals surface area contributed by atoms with Gasteiger partial charge in [-0.25, -0.2) is 0 Å². The zero-order valence-corrected chi connectivity index (χ0v) is 20.3. The van der Waals surface area contributed by atoms with Crippen LogP contribution in [-0.4, -0.2) is 45.1 Å². The van der Waals surface area contributed by atoms with Gasteiger partial charge in [0.25, 0.3) is 5.91 Å². The Balaban J connectivity index is 1.60. The predicted octanol–water partition coefficient (Wildman–Crippen LogP) is 5.60. The second-order valence-corrected chi connectivity index (χ2v) is 10.3. The second kappa shape index (κ2) is 9.24.